The lowest BCUT2D eigenvalue weighted by atomic mass is 9.95. The van der Waals surface area contributed by atoms with Crippen LogP contribution in [-0.4, -0.2) is 24.6 Å². The van der Waals surface area contributed by atoms with Crippen LogP contribution in [0.2, 0.25) is 5.02 Å². The number of halogens is 1. The van der Waals surface area contributed by atoms with Crippen LogP contribution >= 0.6 is 11.6 Å². The van der Waals surface area contributed by atoms with Crippen molar-refractivity contribution in [3.63, 3.8) is 0 Å². The predicted molar refractivity (Wildman–Crippen MR) is 132 cm³/mol. The maximum absolute atomic E-state index is 12.9. The van der Waals surface area contributed by atoms with Crippen molar-refractivity contribution in [1.29, 1.82) is 5.41 Å². The average Bonchev–Trinajstić information content (AvgIpc) is 2.74. The van der Waals surface area contributed by atoms with Gasteiger partial charge in [0.1, 0.15) is 0 Å². The van der Waals surface area contributed by atoms with Crippen molar-refractivity contribution < 1.29 is 9.59 Å². The first-order valence-corrected chi connectivity index (χ1v) is 10.4. The molecule has 6 nitrogen and oxygen atoms in total. The van der Waals surface area contributed by atoms with Gasteiger partial charge in [0, 0.05) is 52.7 Å². The monoisotopic (exact) mass is 448 g/mol. The van der Waals surface area contributed by atoms with Gasteiger partial charge in [-0.05, 0) is 67.4 Å². The minimum absolute atomic E-state index is 0.181. The van der Waals surface area contributed by atoms with E-state index in [4.69, 9.17) is 17.0 Å². The second-order valence-electron chi connectivity index (χ2n) is 7.51. The van der Waals surface area contributed by atoms with Crippen molar-refractivity contribution in [1.82, 2.24) is 0 Å². The summed E-state index contributed by atoms with van der Waals surface area (Å²) >= 11 is 6.06. The summed E-state index contributed by atoms with van der Waals surface area (Å²) in [5.41, 5.74) is 5.77. The van der Waals surface area contributed by atoms with Gasteiger partial charge in [-0.2, -0.15) is 0 Å². The fourth-order valence-corrected chi connectivity index (χ4v) is 3.62. The molecule has 4 N–H and O–H groups in total. The molecule has 3 aromatic rings. The highest BCUT2D eigenvalue weighted by Gasteiger charge is 2.16. The highest BCUT2D eigenvalue weighted by molar-refractivity contribution is 6.31. The molecule has 0 atom stereocenters. The lowest BCUT2D eigenvalue weighted by Gasteiger charge is -2.15. The van der Waals surface area contributed by atoms with E-state index in [0.717, 1.165) is 22.4 Å². The molecule has 0 spiro atoms. The molecule has 0 aliphatic rings. The van der Waals surface area contributed by atoms with Crippen LogP contribution in [0.25, 0.3) is 0 Å². The summed E-state index contributed by atoms with van der Waals surface area (Å²) in [6.07, 6.45) is 0. The third-order valence-corrected chi connectivity index (χ3v) is 5.32. The Morgan fingerprint density at radius 2 is 1.59 bits per heavy atom. The Hall–Kier alpha value is -3.64. The van der Waals surface area contributed by atoms with Crippen molar-refractivity contribution in [3.8, 4) is 0 Å². The number of carbonyl (C=O) groups is 2. The van der Waals surface area contributed by atoms with Crippen molar-refractivity contribution in [3.05, 3.63) is 87.4 Å². The quantitative estimate of drug-likeness (QED) is 0.368. The molecule has 0 heterocycles. The van der Waals surface area contributed by atoms with E-state index in [9.17, 15) is 9.59 Å². The zero-order valence-electron chi connectivity index (χ0n) is 18.4. The van der Waals surface area contributed by atoms with Gasteiger partial charge in [0.2, 0.25) is 5.91 Å². The molecule has 0 aliphatic heterocycles. The molecule has 164 valence electrons. The topological polar surface area (TPSA) is 94.1 Å². The lowest BCUT2D eigenvalue weighted by Crippen LogP contribution is -2.15. The summed E-state index contributed by atoms with van der Waals surface area (Å²) in [6.45, 7) is 5.21. The highest BCUT2D eigenvalue weighted by atomic mass is 35.5. The molecule has 3 aromatic carbocycles. The molecule has 0 unspecified atom stereocenters. The van der Waals surface area contributed by atoms with Crippen LogP contribution in [0, 0.1) is 19.3 Å². The van der Waals surface area contributed by atoms with E-state index in [1.54, 1.807) is 43.4 Å². The fraction of sp³-hybridized carbons (Fsp3) is 0.160. The molecule has 0 fully saturated rings. The number of amides is 2. The number of anilines is 3. The molecule has 7 heteroatoms. The number of benzene rings is 3. The first-order valence-electron chi connectivity index (χ1n) is 10.1. The molecule has 0 bridgehead atoms. The normalized spacial score (nSPS) is 10.4. The van der Waals surface area contributed by atoms with E-state index in [2.05, 4.69) is 16.0 Å². The van der Waals surface area contributed by atoms with Gasteiger partial charge in [0.15, 0.2) is 0 Å². The van der Waals surface area contributed by atoms with Gasteiger partial charge in [-0.25, -0.2) is 0 Å². The predicted octanol–water partition coefficient (Wildman–Crippen LogP) is 5.63. The molecule has 0 aliphatic carbocycles. The van der Waals surface area contributed by atoms with Gasteiger partial charge in [0.25, 0.3) is 5.91 Å². The lowest BCUT2D eigenvalue weighted by molar-refractivity contribution is -0.114. The second-order valence-corrected chi connectivity index (χ2v) is 7.95. The summed E-state index contributed by atoms with van der Waals surface area (Å²) in [5, 5.41) is 18.1. The zero-order valence-corrected chi connectivity index (χ0v) is 19.1. The first kappa shape index (κ1) is 23.0. The van der Waals surface area contributed by atoms with Gasteiger partial charge in [-0.3, -0.25) is 15.0 Å². The van der Waals surface area contributed by atoms with Crippen LogP contribution < -0.4 is 16.0 Å². The molecule has 2 amide bonds. The van der Waals surface area contributed by atoms with Gasteiger partial charge >= 0.3 is 0 Å². The van der Waals surface area contributed by atoms with Gasteiger partial charge in [0.05, 0.1) is 5.71 Å². The zero-order chi connectivity index (χ0) is 23.4. The van der Waals surface area contributed by atoms with Gasteiger partial charge < -0.3 is 16.0 Å². The summed E-state index contributed by atoms with van der Waals surface area (Å²) in [5.74, 6) is -0.493. The number of hydrogen-bond acceptors (Lipinski definition) is 4. The number of aryl methyl sites for hydroxylation is 2. The summed E-state index contributed by atoms with van der Waals surface area (Å²) in [6, 6.07) is 15.9. The number of carbonyl (C=O) groups excluding carboxylic acids is 2. The summed E-state index contributed by atoms with van der Waals surface area (Å²) in [7, 11) is 1.77. The second kappa shape index (κ2) is 9.66. The van der Waals surface area contributed by atoms with Crippen LogP contribution in [0.4, 0.5) is 17.1 Å². The average molecular weight is 449 g/mol. The number of rotatable bonds is 6. The van der Waals surface area contributed by atoms with Gasteiger partial charge in [-0.1, -0.05) is 23.7 Å². The van der Waals surface area contributed by atoms with Gasteiger partial charge in [-0.15, -0.1) is 0 Å². The van der Waals surface area contributed by atoms with E-state index in [1.165, 1.54) is 6.92 Å². The Morgan fingerprint density at radius 3 is 2.25 bits per heavy atom. The van der Waals surface area contributed by atoms with E-state index < -0.39 is 0 Å². The minimum atomic E-state index is -0.313. The maximum Gasteiger partial charge on any atom is 0.255 e. The van der Waals surface area contributed by atoms with E-state index >= 15 is 0 Å². The number of hydrogen-bond donors (Lipinski definition) is 4. The smallest absolute Gasteiger partial charge is 0.255 e. The Kier molecular flexibility index (Phi) is 6.95. The molecule has 0 saturated carbocycles. The van der Waals surface area contributed by atoms with E-state index in [0.29, 0.717) is 33.2 Å². The Morgan fingerprint density at radius 1 is 0.844 bits per heavy atom. The largest absolute Gasteiger partial charge is 0.388 e. The van der Waals surface area contributed by atoms with E-state index in [-0.39, 0.29) is 11.8 Å². The molecular formula is C25H25ClN4O2. The van der Waals surface area contributed by atoms with Crippen LogP contribution in [0.15, 0.2) is 54.6 Å². The van der Waals surface area contributed by atoms with Crippen molar-refractivity contribution in [2.24, 2.45) is 0 Å². The summed E-state index contributed by atoms with van der Waals surface area (Å²) in [4.78, 5) is 24.4. The molecule has 3 rings (SSSR count). The summed E-state index contributed by atoms with van der Waals surface area (Å²) < 4.78 is 0. The third kappa shape index (κ3) is 5.15. The number of nitrogens with one attached hydrogen (secondary N) is 4. The third-order valence-electron chi connectivity index (χ3n) is 5.08. The van der Waals surface area contributed by atoms with Crippen molar-refractivity contribution in [2.45, 2.75) is 20.8 Å². The SMILES string of the molecule is CNc1ccc(C(=O)Nc2ccc(C)c(NC(C)=O)c2)cc1C(=N)c1ccc(Cl)cc1C. The molecule has 32 heavy (non-hydrogen) atoms. The van der Waals surface area contributed by atoms with Crippen LogP contribution in [0.3, 0.4) is 0 Å². The Labute approximate surface area is 192 Å². The molecule has 0 radical (unpaired) electrons. The van der Waals surface area contributed by atoms with E-state index in [1.807, 2.05) is 32.0 Å². The molecule has 0 aromatic heterocycles. The van der Waals surface area contributed by atoms with Crippen LogP contribution in [0.1, 0.15) is 39.5 Å². The van der Waals surface area contributed by atoms with Crippen molar-refractivity contribution in [2.75, 3.05) is 23.0 Å². The Bertz CT molecular complexity index is 1220. The standard InChI is InChI=1S/C25H25ClN4O2/c1-14-5-8-19(13-23(14)29-16(3)31)30-25(32)17-6-10-22(28-4)21(12-17)24(27)20-9-7-18(26)11-15(20)2/h5-13,27-28H,1-4H3,(H,29,31)(H,30,32). The van der Waals surface area contributed by atoms with Crippen LogP contribution in [0.5, 0.6) is 0 Å². The van der Waals surface area contributed by atoms with Crippen LogP contribution in [-0.2, 0) is 4.79 Å². The first-order chi connectivity index (χ1) is 15.2. The van der Waals surface area contributed by atoms with Crippen molar-refractivity contribution >= 4 is 46.2 Å². The fourth-order valence-electron chi connectivity index (χ4n) is 3.39. The minimum Gasteiger partial charge on any atom is -0.388 e. The highest BCUT2D eigenvalue weighted by Crippen LogP contribution is 2.25. The maximum atomic E-state index is 12.9. The Balaban J connectivity index is 1.92. The molecule has 0 saturated heterocycles. The molecular weight excluding hydrogens is 424 g/mol.